The topological polar surface area (TPSA) is 76.4 Å². The van der Waals surface area contributed by atoms with Crippen molar-refractivity contribution in [1.82, 2.24) is 5.32 Å². The van der Waals surface area contributed by atoms with Crippen LogP contribution in [0.3, 0.4) is 0 Å². The Bertz CT molecular complexity index is 307. The minimum atomic E-state index is 0.380. The monoisotopic (exact) mass is 236 g/mol. The molecule has 0 aromatic rings. The first kappa shape index (κ1) is 13.6. The zero-order valence-corrected chi connectivity index (χ0v) is 10.8. The van der Waals surface area contributed by atoms with Gasteiger partial charge >= 0.3 is 0 Å². The summed E-state index contributed by atoms with van der Waals surface area (Å²) in [4.78, 5) is 4.30. The predicted molar refractivity (Wildman–Crippen MR) is 73.4 cm³/mol. The number of nitrogens with one attached hydrogen (secondary N) is 1. The van der Waals surface area contributed by atoms with Crippen molar-refractivity contribution in [2.24, 2.45) is 28.3 Å². The second kappa shape index (κ2) is 6.99. The van der Waals surface area contributed by atoms with E-state index in [2.05, 4.69) is 30.2 Å². The Hall–Kier alpha value is -1.45. The van der Waals surface area contributed by atoms with Crippen LogP contribution in [0.15, 0.2) is 29.4 Å². The summed E-state index contributed by atoms with van der Waals surface area (Å²) in [7, 11) is 0. The number of nitrogens with two attached hydrogens (primary N) is 2. The smallest absolute Gasteiger partial charge is 0.188 e. The zero-order chi connectivity index (χ0) is 12.7. The molecule has 0 unspecified atom stereocenters. The van der Waals surface area contributed by atoms with E-state index in [4.69, 9.17) is 11.5 Å². The maximum Gasteiger partial charge on any atom is 0.188 e. The highest BCUT2D eigenvalue weighted by Gasteiger charge is 2.28. The van der Waals surface area contributed by atoms with Gasteiger partial charge in [-0.05, 0) is 24.6 Å². The molecule has 17 heavy (non-hydrogen) atoms. The number of aliphatic imine (C=N–C) groups is 1. The second-order valence-electron chi connectivity index (χ2n) is 4.57. The van der Waals surface area contributed by atoms with Gasteiger partial charge in [0, 0.05) is 18.5 Å². The van der Waals surface area contributed by atoms with Gasteiger partial charge in [-0.25, -0.2) is 0 Å². The molecule has 0 spiro atoms. The number of nitrogens with zero attached hydrogens (tertiary/aromatic N) is 1. The summed E-state index contributed by atoms with van der Waals surface area (Å²) in [5.41, 5.74) is 11.0. The zero-order valence-electron chi connectivity index (χ0n) is 10.8. The van der Waals surface area contributed by atoms with E-state index in [1.165, 1.54) is 12.6 Å². The van der Waals surface area contributed by atoms with Gasteiger partial charge in [0.05, 0.1) is 0 Å². The highest BCUT2D eigenvalue weighted by molar-refractivity contribution is 5.78. The van der Waals surface area contributed by atoms with Crippen LogP contribution in [0.5, 0.6) is 0 Å². The minimum Gasteiger partial charge on any atom is -0.405 e. The molecular weight excluding hydrogens is 212 g/mol. The predicted octanol–water partition coefficient (Wildman–Crippen LogP) is 1.35. The first-order valence-electron chi connectivity index (χ1n) is 6.28. The lowest BCUT2D eigenvalue weighted by molar-refractivity contribution is 0.273. The summed E-state index contributed by atoms with van der Waals surface area (Å²) in [6.45, 7) is 5.33. The standard InChI is InChI=1S/C13H24N4/c1-3-10(2)11-9-16-13(15)17-12(11)7-5-4-6-8-14/h4-6,8,10-12H,3,7,9,14H2,1-2H3,(H3,15,16,17)/b5-4-,8-6+/t10-,11-,12+/m0/s1. The molecule has 0 fully saturated rings. The molecular formula is C13H24N4. The summed E-state index contributed by atoms with van der Waals surface area (Å²) < 4.78 is 0. The summed E-state index contributed by atoms with van der Waals surface area (Å²) in [5.74, 6) is 1.78. The van der Waals surface area contributed by atoms with Gasteiger partial charge in [0.2, 0.25) is 0 Å². The number of rotatable bonds is 5. The Kier molecular flexibility index (Phi) is 5.60. The Morgan fingerprint density at radius 3 is 2.94 bits per heavy atom. The Labute approximate surface area is 104 Å². The first-order chi connectivity index (χ1) is 8.19. The molecule has 1 aliphatic heterocycles. The molecule has 0 aliphatic carbocycles. The molecule has 0 saturated carbocycles. The van der Waals surface area contributed by atoms with Gasteiger partial charge in [-0.3, -0.25) is 4.99 Å². The van der Waals surface area contributed by atoms with Crippen LogP contribution in [0.25, 0.3) is 0 Å². The van der Waals surface area contributed by atoms with Crippen molar-refractivity contribution in [1.29, 1.82) is 0 Å². The van der Waals surface area contributed by atoms with Gasteiger partial charge in [0.25, 0.3) is 0 Å². The number of allylic oxidation sites excluding steroid dienone is 2. The van der Waals surface area contributed by atoms with E-state index in [0.29, 0.717) is 23.8 Å². The van der Waals surface area contributed by atoms with Gasteiger partial charge in [0.15, 0.2) is 5.96 Å². The summed E-state index contributed by atoms with van der Waals surface area (Å²) in [6.07, 6.45) is 9.58. The largest absolute Gasteiger partial charge is 0.405 e. The van der Waals surface area contributed by atoms with Crippen LogP contribution >= 0.6 is 0 Å². The van der Waals surface area contributed by atoms with Gasteiger partial charge in [0.1, 0.15) is 0 Å². The van der Waals surface area contributed by atoms with Crippen molar-refractivity contribution in [3.63, 3.8) is 0 Å². The van der Waals surface area contributed by atoms with Gasteiger partial charge < -0.3 is 16.8 Å². The number of hydrogen-bond acceptors (Lipinski definition) is 4. The molecule has 0 amide bonds. The van der Waals surface area contributed by atoms with E-state index in [1.54, 1.807) is 0 Å². The average Bonchev–Trinajstić information content (AvgIpc) is 2.34. The summed E-state index contributed by atoms with van der Waals surface area (Å²) in [5, 5.41) is 3.28. The molecule has 1 rings (SSSR count). The van der Waals surface area contributed by atoms with E-state index >= 15 is 0 Å². The third-order valence-electron chi connectivity index (χ3n) is 3.45. The molecule has 4 heteroatoms. The van der Waals surface area contributed by atoms with E-state index in [1.807, 2.05) is 12.2 Å². The fraction of sp³-hybridized carbons (Fsp3) is 0.615. The number of hydrogen-bond donors (Lipinski definition) is 3. The second-order valence-corrected chi connectivity index (χ2v) is 4.57. The van der Waals surface area contributed by atoms with E-state index in [-0.39, 0.29) is 0 Å². The molecule has 0 bridgehead atoms. The Morgan fingerprint density at radius 1 is 1.53 bits per heavy atom. The third-order valence-corrected chi connectivity index (χ3v) is 3.45. The lowest BCUT2D eigenvalue weighted by Gasteiger charge is -2.34. The SMILES string of the molecule is CC[C@H](C)[C@@H]1CN=C(N)N[C@@H]1C/C=C\C=C\N. The van der Waals surface area contributed by atoms with Crippen molar-refractivity contribution in [3.8, 4) is 0 Å². The molecule has 96 valence electrons. The van der Waals surface area contributed by atoms with Crippen molar-refractivity contribution in [2.75, 3.05) is 6.54 Å². The molecule has 1 heterocycles. The maximum absolute atomic E-state index is 5.74. The molecule has 0 radical (unpaired) electrons. The molecule has 0 saturated heterocycles. The fourth-order valence-electron chi connectivity index (χ4n) is 2.15. The van der Waals surface area contributed by atoms with Crippen molar-refractivity contribution < 1.29 is 0 Å². The molecule has 0 aromatic heterocycles. The first-order valence-corrected chi connectivity index (χ1v) is 6.28. The highest BCUT2D eigenvalue weighted by Crippen LogP contribution is 2.23. The quantitative estimate of drug-likeness (QED) is 0.631. The molecule has 3 atom stereocenters. The Morgan fingerprint density at radius 2 is 2.29 bits per heavy atom. The van der Waals surface area contributed by atoms with Gasteiger partial charge in [-0.2, -0.15) is 0 Å². The van der Waals surface area contributed by atoms with E-state index in [9.17, 15) is 0 Å². The molecule has 0 aromatic carbocycles. The van der Waals surface area contributed by atoms with Crippen molar-refractivity contribution in [2.45, 2.75) is 32.7 Å². The van der Waals surface area contributed by atoms with Crippen LogP contribution in [0.4, 0.5) is 0 Å². The third kappa shape index (κ3) is 4.13. The van der Waals surface area contributed by atoms with Gasteiger partial charge in [-0.1, -0.05) is 32.4 Å². The van der Waals surface area contributed by atoms with Crippen molar-refractivity contribution >= 4 is 5.96 Å². The summed E-state index contributed by atoms with van der Waals surface area (Å²) >= 11 is 0. The highest BCUT2D eigenvalue weighted by atomic mass is 15.1. The van der Waals surface area contributed by atoms with Crippen LogP contribution < -0.4 is 16.8 Å². The van der Waals surface area contributed by atoms with E-state index in [0.717, 1.165) is 13.0 Å². The van der Waals surface area contributed by atoms with Crippen LogP contribution in [-0.4, -0.2) is 18.5 Å². The van der Waals surface area contributed by atoms with Crippen LogP contribution in [0, 0.1) is 11.8 Å². The van der Waals surface area contributed by atoms with Crippen LogP contribution in [-0.2, 0) is 0 Å². The van der Waals surface area contributed by atoms with E-state index < -0.39 is 0 Å². The normalized spacial score (nSPS) is 27.1. The lowest BCUT2D eigenvalue weighted by Crippen LogP contribution is -2.50. The maximum atomic E-state index is 5.74. The number of guanidine groups is 1. The van der Waals surface area contributed by atoms with Crippen LogP contribution in [0.1, 0.15) is 26.7 Å². The summed E-state index contributed by atoms with van der Waals surface area (Å²) in [6, 6.07) is 0.380. The molecule has 1 aliphatic rings. The van der Waals surface area contributed by atoms with Gasteiger partial charge in [-0.15, -0.1) is 0 Å². The Balaban J connectivity index is 2.61. The fourth-order valence-corrected chi connectivity index (χ4v) is 2.15. The minimum absolute atomic E-state index is 0.380. The molecule has 4 nitrogen and oxygen atoms in total. The lowest BCUT2D eigenvalue weighted by atomic mass is 9.83. The molecule has 5 N–H and O–H groups in total. The average molecular weight is 236 g/mol. The van der Waals surface area contributed by atoms with Crippen molar-refractivity contribution in [3.05, 3.63) is 24.4 Å². The van der Waals surface area contributed by atoms with Crippen LogP contribution in [0.2, 0.25) is 0 Å².